The smallest absolute Gasteiger partial charge is 0.131 e. The van der Waals surface area contributed by atoms with E-state index in [1.165, 1.54) is 0 Å². The fraction of sp³-hybridized carbons (Fsp3) is 0. The fourth-order valence-corrected chi connectivity index (χ4v) is 0. The number of carbonyl (C=O) groups excluding carboxylic acids is 1. The summed E-state index contributed by atoms with van der Waals surface area (Å²) < 4.78 is 0. The Balaban J connectivity index is 0. The molecule has 0 radical (unpaired) electrons. The number of rotatable bonds is 0. The van der Waals surface area contributed by atoms with Crippen LogP contribution in [-0.4, -0.2) is 6.09 Å². The highest BCUT2D eigenvalue weighted by Crippen LogP contribution is 1.23. The fourth-order valence-electron chi connectivity index (χ4n) is 0. The van der Waals surface area contributed by atoms with E-state index in [1.807, 2.05) is 0 Å². The lowest BCUT2D eigenvalue weighted by Crippen LogP contribution is -3.00. The quantitative estimate of drug-likeness (QED) is 0.367. The van der Waals surface area contributed by atoms with Crippen molar-refractivity contribution in [3.8, 4) is 0 Å². The second-order valence-electron chi connectivity index (χ2n) is 0.319. The summed E-state index contributed by atoms with van der Waals surface area (Å²) in [4.78, 5) is 8.67. The van der Waals surface area contributed by atoms with Crippen LogP contribution < -0.4 is 27.8 Å². The van der Waals surface area contributed by atoms with Gasteiger partial charge in [0.25, 0.3) is 0 Å². The van der Waals surface area contributed by atoms with Gasteiger partial charge in [0.05, 0.1) is 0 Å². The zero-order valence-electron chi connectivity index (χ0n) is 2.27. The average molecular weight is 140 g/mol. The van der Waals surface area contributed by atoms with Crippen LogP contribution >= 0.6 is 0 Å². The van der Waals surface area contributed by atoms with Crippen molar-refractivity contribution >= 4 is 6.09 Å². The molecule has 0 aromatic carbocycles. The van der Waals surface area contributed by atoms with Crippen LogP contribution in [0.5, 0.6) is 0 Å². The molecule has 0 saturated carbocycles. The van der Waals surface area contributed by atoms with Gasteiger partial charge in [0.1, 0.15) is 6.09 Å². The largest absolute Gasteiger partial charge is 1.00 e. The van der Waals surface area contributed by atoms with Crippen LogP contribution in [0.2, 0.25) is 0 Å². The van der Waals surface area contributed by atoms with E-state index in [0.717, 1.165) is 0 Å². The number of carboxylic acid groups (broad SMARTS) is 1. The molecule has 0 aliphatic carbocycles. The summed E-state index contributed by atoms with van der Waals surface area (Å²) in [5, 5.41) is 8.67. The molecule has 0 aromatic heterocycles. The molecule has 0 atom stereocenters. The van der Waals surface area contributed by atoms with E-state index in [1.54, 1.807) is 0 Å². The van der Waals surface area contributed by atoms with Gasteiger partial charge in [-0.1, -0.05) is 0 Å². The summed E-state index contributed by atoms with van der Waals surface area (Å²) in [6, 6.07) is 0. The summed E-state index contributed by atoms with van der Waals surface area (Å²) >= 11 is 0. The van der Waals surface area contributed by atoms with Crippen LogP contribution in [0, 0.1) is 0 Å². The number of amides is 1. The second-order valence-corrected chi connectivity index (χ2v) is 0.319. The maximum absolute atomic E-state index is 8.67. The molecule has 4 heteroatoms. The van der Waals surface area contributed by atoms with Crippen LogP contribution in [-0.2, 0) is 0 Å². The predicted molar refractivity (Wildman–Crippen MR) is 9.58 cm³/mol. The van der Waals surface area contributed by atoms with Gasteiger partial charge in [0.15, 0.2) is 0 Å². The molecule has 5 heavy (non-hydrogen) atoms. The third-order valence-corrected chi connectivity index (χ3v) is 0. The SMILES string of the molecule is NC(=O)[O-].[Br-]. The molecule has 0 aliphatic rings. The Morgan fingerprint density at radius 1 is 1.80 bits per heavy atom. The number of primary amides is 1. The van der Waals surface area contributed by atoms with Crippen molar-refractivity contribution in [3.05, 3.63) is 0 Å². The van der Waals surface area contributed by atoms with Crippen molar-refractivity contribution in [2.45, 2.75) is 0 Å². The van der Waals surface area contributed by atoms with E-state index in [0.29, 0.717) is 0 Å². The number of carbonyl (C=O) groups is 1. The lowest BCUT2D eigenvalue weighted by Gasteiger charge is -1.78. The molecule has 0 saturated heterocycles. The first-order valence-corrected chi connectivity index (χ1v) is 0.697. The molecule has 3 nitrogen and oxygen atoms in total. The molecule has 0 rings (SSSR count). The maximum atomic E-state index is 8.67. The minimum absolute atomic E-state index is 0. The third-order valence-electron chi connectivity index (χ3n) is 0. The standard InChI is InChI=1S/CH3NO2.BrH/c2-1(3)4;/h2H2,(H,3,4);1H/p-2. The number of nitrogens with two attached hydrogens (primary N) is 1. The van der Waals surface area contributed by atoms with Gasteiger partial charge in [0, 0.05) is 0 Å². The minimum Gasteiger partial charge on any atom is -1.00 e. The number of halogens is 1. The molecular formula is CH2BrNO2-2. The van der Waals surface area contributed by atoms with Gasteiger partial charge in [-0.15, -0.1) is 0 Å². The Hall–Kier alpha value is -0.250. The Kier molecular flexibility index (Phi) is 6.62. The Labute approximate surface area is 39.5 Å². The van der Waals surface area contributed by atoms with Gasteiger partial charge in [-0.05, 0) is 0 Å². The number of hydrogen-bond acceptors (Lipinski definition) is 2. The molecule has 0 aliphatic heterocycles. The van der Waals surface area contributed by atoms with Crippen LogP contribution in [0.3, 0.4) is 0 Å². The topological polar surface area (TPSA) is 66.2 Å². The molecule has 2 N–H and O–H groups in total. The number of hydrogen-bond donors (Lipinski definition) is 1. The molecule has 0 spiro atoms. The molecule has 1 amide bonds. The molecule has 32 valence electrons. The first-order chi connectivity index (χ1) is 1.73. The van der Waals surface area contributed by atoms with Crippen LogP contribution in [0.25, 0.3) is 0 Å². The predicted octanol–water partition coefficient (Wildman–Crippen LogP) is -4.71. The van der Waals surface area contributed by atoms with E-state index >= 15 is 0 Å². The normalized spacial score (nSPS) is 4.80. The Morgan fingerprint density at radius 2 is 1.80 bits per heavy atom. The van der Waals surface area contributed by atoms with E-state index in [9.17, 15) is 0 Å². The summed E-state index contributed by atoms with van der Waals surface area (Å²) in [7, 11) is 0. The van der Waals surface area contributed by atoms with Gasteiger partial charge < -0.3 is 32.6 Å². The van der Waals surface area contributed by atoms with Gasteiger partial charge >= 0.3 is 0 Å². The van der Waals surface area contributed by atoms with Crippen molar-refractivity contribution in [2.24, 2.45) is 5.73 Å². The van der Waals surface area contributed by atoms with Crippen molar-refractivity contribution in [3.63, 3.8) is 0 Å². The lowest BCUT2D eigenvalue weighted by atomic mass is 11.3. The second kappa shape index (κ2) is 3.75. The summed E-state index contributed by atoms with van der Waals surface area (Å²) in [6.45, 7) is 0. The zero-order valence-corrected chi connectivity index (χ0v) is 3.86. The van der Waals surface area contributed by atoms with E-state index in [4.69, 9.17) is 9.90 Å². The Bertz CT molecular complexity index is 32.6. The molecule has 0 aromatic rings. The summed E-state index contributed by atoms with van der Waals surface area (Å²) in [6.07, 6.45) is -1.58. The van der Waals surface area contributed by atoms with Gasteiger partial charge in [-0.2, -0.15) is 0 Å². The van der Waals surface area contributed by atoms with Crippen molar-refractivity contribution < 1.29 is 26.9 Å². The Morgan fingerprint density at radius 3 is 1.80 bits per heavy atom. The van der Waals surface area contributed by atoms with Gasteiger partial charge in [-0.3, -0.25) is 0 Å². The highest BCUT2D eigenvalue weighted by atomic mass is 79.9. The molecule has 0 unspecified atom stereocenters. The summed E-state index contributed by atoms with van der Waals surface area (Å²) in [5.74, 6) is 0. The van der Waals surface area contributed by atoms with E-state index in [2.05, 4.69) is 5.73 Å². The molecular weight excluding hydrogens is 138 g/mol. The highest BCUT2D eigenvalue weighted by molar-refractivity contribution is 5.58. The molecule has 0 heterocycles. The van der Waals surface area contributed by atoms with Crippen LogP contribution in [0.15, 0.2) is 0 Å². The molecule has 0 bridgehead atoms. The van der Waals surface area contributed by atoms with Crippen molar-refractivity contribution in [1.82, 2.24) is 0 Å². The van der Waals surface area contributed by atoms with Gasteiger partial charge in [-0.25, -0.2) is 0 Å². The van der Waals surface area contributed by atoms with Crippen molar-refractivity contribution in [1.29, 1.82) is 0 Å². The van der Waals surface area contributed by atoms with Gasteiger partial charge in [0.2, 0.25) is 0 Å². The maximum Gasteiger partial charge on any atom is 0.131 e. The average Bonchev–Trinajstić information content (AvgIpc) is 0.811. The van der Waals surface area contributed by atoms with E-state index in [-0.39, 0.29) is 17.0 Å². The van der Waals surface area contributed by atoms with Crippen LogP contribution in [0.1, 0.15) is 0 Å². The van der Waals surface area contributed by atoms with Crippen molar-refractivity contribution in [2.75, 3.05) is 0 Å². The van der Waals surface area contributed by atoms with E-state index < -0.39 is 6.09 Å². The summed E-state index contributed by atoms with van der Waals surface area (Å²) in [5.41, 5.74) is 3.92. The third kappa shape index (κ3) is 184. The highest BCUT2D eigenvalue weighted by Gasteiger charge is 1.44. The first kappa shape index (κ1) is 8.83. The first-order valence-electron chi connectivity index (χ1n) is 0.697. The zero-order chi connectivity index (χ0) is 3.58. The van der Waals surface area contributed by atoms with Crippen LogP contribution in [0.4, 0.5) is 4.79 Å². The monoisotopic (exact) mass is 139 g/mol. The lowest BCUT2D eigenvalue weighted by molar-refractivity contribution is -0.245. The molecule has 0 fully saturated rings. The minimum atomic E-state index is -1.58.